The largest absolute Gasteiger partial charge is 0.478 e. The van der Waals surface area contributed by atoms with Crippen LogP contribution in [0.5, 0.6) is 0 Å². The first-order valence-electron chi connectivity index (χ1n) is 6.48. The summed E-state index contributed by atoms with van der Waals surface area (Å²) in [5.74, 6) is -1.68. The molecule has 0 saturated carbocycles. The number of nitrogens with zero attached hydrogens (tertiary/aromatic N) is 3. The number of rotatable bonds is 5. The summed E-state index contributed by atoms with van der Waals surface area (Å²) < 4.78 is 0. The molecule has 0 fully saturated rings. The summed E-state index contributed by atoms with van der Waals surface area (Å²) in [6.07, 6.45) is 0. The Kier molecular flexibility index (Phi) is 5.40. The zero-order chi connectivity index (χ0) is 16.2. The van der Waals surface area contributed by atoms with E-state index in [1.54, 1.807) is 21.0 Å². The summed E-state index contributed by atoms with van der Waals surface area (Å²) in [6, 6.07) is 2.71. The fourth-order valence-corrected chi connectivity index (χ4v) is 1.70. The number of pyridine rings is 1. The van der Waals surface area contributed by atoms with Gasteiger partial charge in [-0.1, -0.05) is 0 Å². The second-order valence-corrected chi connectivity index (χ2v) is 4.74. The second kappa shape index (κ2) is 6.83. The van der Waals surface area contributed by atoms with Crippen molar-refractivity contribution >= 4 is 17.8 Å². The standard InChI is InChI=1S/C14H19N3O4/c1-5-17(8-12(18)16(3)4)13(19)11-7-6-10(14(20)21)9(2)15-11/h6-7H,5,8H2,1-4H3,(H,20,21). The van der Waals surface area contributed by atoms with E-state index in [9.17, 15) is 14.4 Å². The van der Waals surface area contributed by atoms with E-state index in [1.165, 1.54) is 28.9 Å². The number of aromatic nitrogens is 1. The van der Waals surface area contributed by atoms with Crippen LogP contribution in [0.25, 0.3) is 0 Å². The molecule has 7 heteroatoms. The average Bonchev–Trinajstić information content (AvgIpc) is 2.42. The van der Waals surface area contributed by atoms with E-state index in [2.05, 4.69) is 4.98 Å². The minimum atomic E-state index is -1.09. The molecule has 1 rings (SSSR count). The van der Waals surface area contributed by atoms with Gasteiger partial charge < -0.3 is 14.9 Å². The van der Waals surface area contributed by atoms with Crippen LogP contribution in [0.3, 0.4) is 0 Å². The van der Waals surface area contributed by atoms with E-state index >= 15 is 0 Å². The van der Waals surface area contributed by atoms with E-state index in [0.29, 0.717) is 6.54 Å². The number of hydrogen-bond donors (Lipinski definition) is 1. The van der Waals surface area contributed by atoms with Gasteiger partial charge in [-0.15, -0.1) is 0 Å². The second-order valence-electron chi connectivity index (χ2n) is 4.74. The Morgan fingerprint density at radius 1 is 1.24 bits per heavy atom. The molecule has 2 amide bonds. The maximum absolute atomic E-state index is 12.3. The third-order valence-corrected chi connectivity index (χ3v) is 3.03. The van der Waals surface area contributed by atoms with Crippen LogP contribution in [-0.2, 0) is 4.79 Å². The monoisotopic (exact) mass is 293 g/mol. The number of aromatic carboxylic acids is 1. The third-order valence-electron chi connectivity index (χ3n) is 3.03. The van der Waals surface area contributed by atoms with E-state index < -0.39 is 11.9 Å². The molecule has 0 atom stereocenters. The molecule has 1 aromatic rings. The molecule has 0 aromatic carbocycles. The molecule has 1 N–H and O–H groups in total. The summed E-state index contributed by atoms with van der Waals surface area (Å²) in [5.41, 5.74) is 0.452. The van der Waals surface area contributed by atoms with E-state index in [-0.39, 0.29) is 29.4 Å². The van der Waals surface area contributed by atoms with Gasteiger partial charge in [0.05, 0.1) is 11.3 Å². The lowest BCUT2D eigenvalue weighted by Crippen LogP contribution is -2.40. The van der Waals surface area contributed by atoms with Crippen molar-refractivity contribution in [1.82, 2.24) is 14.8 Å². The van der Waals surface area contributed by atoms with E-state index in [4.69, 9.17) is 5.11 Å². The number of carbonyl (C=O) groups excluding carboxylic acids is 2. The van der Waals surface area contributed by atoms with Crippen LogP contribution >= 0.6 is 0 Å². The molecular formula is C14H19N3O4. The third kappa shape index (κ3) is 4.01. The number of hydrogen-bond acceptors (Lipinski definition) is 4. The van der Waals surface area contributed by atoms with Crippen molar-refractivity contribution in [2.45, 2.75) is 13.8 Å². The van der Waals surface area contributed by atoms with Gasteiger partial charge in [0, 0.05) is 20.6 Å². The van der Waals surface area contributed by atoms with Gasteiger partial charge in [0.15, 0.2) is 0 Å². The summed E-state index contributed by atoms with van der Waals surface area (Å²) in [4.78, 5) is 41.7. The molecule has 0 saturated heterocycles. The topological polar surface area (TPSA) is 90.8 Å². The van der Waals surface area contributed by atoms with Crippen LogP contribution in [0.1, 0.15) is 33.5 Å². The van der Waals surface area contributed by atoms with Crippen LogP contribution < -0.4 is 0 Å². The summed E-state index contributed by atoms with van der Waals surface area (Å²) >= 11 is 0. The first-order valence-corrected chi connectivity index (χ1v) is 6.48. The van der Waals surface area contributed by atoms with Crippen molar-refractivity contribution in [3.8, 4) is 0 Å². The highest BCUT2D eigenvalue weighted by molar-refractivity contribution is 5.96. The summed E-state index contributed by atoms with van der Waals surface area (Å²) in [5, 5.41) is 8.95. The molecule has 0 bridgehead atoms. The van der Waals surface area contributed by atoms with Gasteiger partial charge in [-0.05, 0) is 26.0 Å². The Balaban J connectivity index is 2.98. The molecule has 0 spiro atoms. The lowest BCUT2D eigenvalue weighted by atomic mass is 10.2. The van der Waals surface area contributed by atoms with Gasteiger partial charge in [-0.25, -0.2) is 9.78 Å². The number of carboxylic acids is 1. The number of carbonyl (C=O) groups is 3. The molecule has 0 aliphatic carbocycles. The molecular weight excluding hydrogens is 274 g/mol. The molecule has 7 nitrogen and oxygen atoms in total. The van der Waals surface area contributed by atoms with Crippen molar-refractivity contribution in [2.75, 3.05) is 27.2 Å². The zero-order valence-electron chi connectivity index (χ0n) is 12.6. The van der Waals surface area contributed by atoms with Gasteiger partial charge in [0.25, 0.3) is 5.91 Å². The number of carboxylic acid groups (broad SMARTS) is 1. The Morgan fingerprint density at radius 2 is 1.86 bits per heavy atom. The maximum atomic E-state index is 12.3. The van der Waals surface area contributed by atoms with E-state index in [1.807, 2.05) is 0 Å². The molecule has 1 aromatic heterocycles. The first kappa shape index (κ1) is 16.6. The minimum absolute atomic E-state index is 0.0380. The van der Waals surface area contributed by atoms with Gasteiger partial charge in [-0.3, -0.25) is 9.59 Å². The molecule has 0 aliphatic rings. The lowest BCUT2D eigenvalue weighted by Gasteiger charge is -2.22. The predicted octanol–water partition coefficient (Wildman–Crippen LogP) is 0.639. The SMILES string of the molecule is CCN(CC(=O)N(C)C)C(=O)c1ccc(C(=O)O)c(C)n1. The fourth-order valence-electron chi connectivity index (χ4n) is 1.70. The Morgan fingerprint density at radius 3 is 2.29 bits per heavy atom. The molecule has 0 radical (unpaired) electrons. The van der Waals surface area contributed by atoms with Crippen molar-refractivity contribution in [3.63, 3.8) is 0 Å². The Hall–Kier alpha value is -2.44. The van der Waals surface area contributed by atoms with Gasteiger partial charge in [-0.2, -0.15) is 0 Å². The van der Waals surface area contributed by atoms with Gasteiger partial charge in [0.2, 0.25) is 5.91 Å². The molecule has 21 heavy (non-hydrogen) atoms. The maximum Gasteiger partial charge on any atom is 0.337 e. The minimum Gasteiger partial charge on any atom is -0.478 e. The van der Waals surface area contributed by atoms with Gasteiger partial charge in [0.1, 0.15) is 12.2 Å². The Bertz CT molecular complexity index is 569. The number of likely N-dealkylation sites (N-methyl/N-ethyl adjacent to an activating group) is 2. The Labute approximate surface area is 123 Å². The predicted molar refractivity (Wildman–Crippen MR) is 76.2 cm³/mol. The highest BCUT2D eigenvalue weighted by atomic mass is 16.4. The number of amides is 2. The van der Waals surface area contributed by atoms with Crippen LogP contribution in [0, 0.1) is 6.92 Å². The fraction of sp³-hybridized carbons (Fsp3) is 0.429. The number of aryl methyl sites for hydroxylation is 1. The van der Waals surface area contributed by atoms with Gasteiger partial charge >= 0.3 is 5.97 Å². The van der Waals surface area contributed by atoms with Crippen molar-refractivity contribution in [2.24, 2.45) is 0 Å². The highest BCUT2D eigenvalue weighted by Gasteiger charge is 2.20. The molecule has 0 unspecified atom stereocenters. The van der Waals surface area contributed by atoms with Crippen LogP contribution in [-0.4, -0.2) is 64.9 Å². The first-order chi connectivity index (χ1) is 9.77. The zero-order valence-corrected chi connectivity index (χ0v) is 12.6. The normalized spacial score (nSPS) is 10.1. The van der Waals surface area contributed by atoms with Crippen LogP contribution in [0.2, 0.25) is 0 Å². The quantitative estimate of drug-likeness (QED) is 0.860. The van der Waals surface area contributed by atoms with Crippen molar-refractivity contribution in [1.29, 1.82) is 0 Å². The molecule has 0 aliphatic heterocycles. The summed E-state index contributed by atoms with van der Waals surface area (Å²) in [7, 11) is 3.23. The molecule has 1 heterocycles. The van der Waals surface area contributed by atoms with Crippen molar-refractivity contribution < 1.29 is 19.5 Å². The summed E-state index contributed by atoms with van der Waals surface area (Å²) in [6.45, 7) is 3.62. The highest BCUT2D eigenvalue weighted by Crippen LogP contribution is 2.09. The average molecular weight is 293 g/mol. The molecule has 114 valence electrons. The lowest BCUT2D eigenvalue weighted by molar-refractivity contribution is -0.129. The van der Waals surface area contributed by atoms with Crippen molar-refractivity contribution in [3.05, 3.63) is 29.1 Å². The van der Waals surface area contributed by atoms with Crippen LogP contribution in [0.15, 0.2) is 12.1 Å². The van der Waals surface area contributed by atoms with E-state index in [0.717, 1.165) is 0 Å². The van der Waals surface area contributed by atoms with Crippen LogP contribution in [0.4, 0.5) is 0 Å². The smallest absolute Gasteiger partial charge is 0.337 e.